The molecule has 2 rings (SSSR count). The van der Waals surface area contributed by atoms with Crippen molar-refractivity contribution in [3.05, 3.63) is 60.2 Å². The lowest BCUT2D eigenvalue weighted by molar-refractivity contribution is -0.123. The maximum Gasteiger partial charge on any atom is 0.258 e. The van der Waals surface area contributed by atoms with Crippen LogP contribution >= 0.6 is 0 Å². The van der Waals surface area contributed by atoms with Crippen molar-refractivity contribution in [1.29, 1.82) is 0 Å². The van der Waals surface area contributed by atoms with Gasteiger partial charge in [-0.2, -0.15) is 0 Å². The SMILES string of the molecule is CCOC(C)CNC(=O)COc1ccc(CCNCC(O)COc2ccccc2)cc1. The van der Waals surface area contributed by atoms with E-state index in [-0.39, 0.29) is 25.2 Å². The molecule has 0 bridgehead atoms. The predicted molar refractivity (Wildman–Crippen MR) is 121 cm³/mol. The van der Waals surface area contributed by atoms with Gasteiger partial charge in [-0.3, -0.25) is 4.79 Å². The molecule has 7 nitrogen and oxygen atoms in total. The fourth-order valence-electron chi connectivity index (χ4n) is 2.82. The van der Waals surface area contributed by atoms with Gasteiger partial charge < -0.3 is 30.0 Å². The van der Waals surface area contributed by atoms with Crippen LogP contribution in [-0.4, -0.2) is 62.7 Å². The minimum atomic E-state index is -0.571. The second-order valence-corrected chi connectivity index (χ2v) is 7.23. The molecular formula is C24H34N2O5. The Balaban J connectivity index is 1.56. The van der Waals surface area contributed by atoms with Crippen molar-refractivity contribution in [1.82, 2.24) is 10.6 Å². The first-order valence-corrected chi connectivity index (χ1v) is 10.7. The third kappa shape index (κ3) is 10.8. The molecule has 0 radical (unpaired) electrons. The van der Waals surface area contributed by atoms with Gasteiger partial charge in [-0.25, -0.2) is 0 Å². The van der Waals surface area contributed by atoms with Gasteiger partial charge in [-0.05, 0) is 56.6 Å². The maximum absolute atomic E-state index is 11.8. The molecule has 0 heterocycles. The summed E-state index contributed by atoms with van der Waals surface area (Å²) in [5.41, 5.74) is 1.14. The highest BCUT2D eigenvalue weighted by atomic mass is 16.5. The summed E-state index contributed by atoms with van der Waals surface area (Å²) in [6, 6.07) is 17.1. The maximum atomic E-state index is 11.8. The van der Waals surface area contributed by atoms with Gasteiger partial charge in [0.2, 0.25) is 0 Å². The molecule has 170 valence electrons. The van der Waals surface area contributed by atoms with E-state index in [1.54, 1.807) is 0 Å². The highest BCUT2D eigenvalue weighted by Gasteiger charge is 2.07. The Labute approximate surface area is 184 Å². The molecule has 2 aromatic carbocycles. The van der Waals surface area contributed by atoms with E-state index in [2.05, 4.69) is 10.6 Å². The highest BCUT2D eigenvalue weighted by Crippen LogP contribution is 2.12. The summed E-state index contributed by atoms with van der Waals surface area (Å²) in [7, 11) is 0. The lowest BCUT2D eigenvalue weighted by Crippen LogP contribution is -2.35. The number of carbonyl (C=O) groups is 1. The monoisotopic (exact) mass is 430 g/mol. The zero-order valence-corrected chi connectivity index (χ0v) is 18.4. The zero-order valence-electron chi connectivity index (χ0n) is 18.4. The second kappa shape index (κ2) is 14.4. The van der Waals surface area contributed by atoms with Crippen LogP contribution in [0.3, 0.4) is 0 Å². The van der Waals surface area contributed by atoms with Gasteiger partial charge in [-0.1, -0.05) is 30.3 Å². The summed E-state index contributed by atoms with van der Waals surface area (Å²) >= 11 is 0. The molecule has 0 aliphatic rings. The molecule has 0 spiro atoms. The fourth-order valence-corrected chi connectivity index (χ4v) is 2.82. The van der Waals surface area contributed by atoms with Gasteiger partial charge in [0.1, 0.15) is 24.2 Å². The lowest BCUT2D eigenvalue weighted by Gasteiger charge is -2.13. The van der Waals surface area contributed by atoms with Crippen LogP contribution in [-0.2, 0) is 16.0 Å². The molecule has 0 fully saturated rings. The van der Waals surface area contributed by atoms with E-state index in [0.29, 0.717) is 25.4 Å². The van der Waals surface area contributed by atoms with Crippen LogP contribution in [0.5, 0.6) is 11.5 Å². The third-order valence-electron chi connectivity index (χ3n) is 4.49. The number of aliphatic hydroxyl groups is 1. The Bertz CT molecular complexity index is 739. The summed E-state index contributed by atoms with van der Waals surface area (Å²) in [6.45, 7) is 6.36. The molecule has 2 unspecified atom stereocenters. The van der Waals surface area contributed by atoms with Crippen LogP contribution in [0.25, 0.3) is 0 Å². The normalized spacial score (nSPS) is 12.7. The lowest BCUT2D eigenvalue weighted by atomic mass is 10.1. The molecule has 7 heteroatoms. The van der Waals surface area contributed by atoms with E-state index in [0.717, 1.165) is 24.3 Å². The number of aliphatic hydroxyl groups excluding tert-OH is 1. The van der Waals surface area contributed by atoms with E-state index in [4.69, 9.17) is 14.2 Å². The minimum absolute atomic E-state index is 0.0145. The van der Waals surface area contributed by atoms with Gasteiger partial charge in [0.05, 0.1) is 6.10 Å². The van der Waals surface area contributed by atoms with Gasteiger partial charge in [0, 0.05) is 19.7 Å². The largest absolute Gasteiger partial charge is 0.491 e. The Hall–Kier alpha value is -2.61. The van der Waals surface area contributed by atoms with E-state index in [1.165, 1.54) is 0 Å². The fraction of sp³-hybridized carbons (Fsp3) is 0.458. The van der Waals surface area contributed by atoms with Crippen molar-refractivity contribution < 1.29 is 24.1 Å². The van der Waals surface area contributed by atoms with Crippen LogP contribution in [0.2, 0.25) is 0 Å². The van der Waals surface area contributed by atoms with E-state index in [9.17, 15) is 9.90 Å². The van der Waals surface area contributed by atoms with Gasteiger partial charge in [0.15, 0.2) is 6.61 Å². The van der Waals surface area contributed by atoms with Crippen molar-refractivity contribution in [3.8, 4) is 11.5 Å². The van der Waals surface area contributed by atoms with Gasteiger partial charge in [-0.15, -0.1) is 0 Å². The number of hydrogen-bond acceptors (Lipinski definition) is 6. The number of benzene rings is 2. The van der Waals surface area contributed by atoms with Gasteiger partial charge >= 0.3 is 0 Å². The zero-order chi connectivity index (χ0) is 22.3. The molecule has 0 saturated carbocycles. The summed E-state index contributed by atoms with van der Waals surface area (Å²) in [5, 5.41) is 16.0. The van der Waals surface area contributed by atoms with Crippen molar-refractivity contribution in [3.63, 3.8) is 0 Å². The molecule has 1 amide bonds. The number of hydrogen-bond donors (Lipinski definition) is 3. The summed E-state index contributed by atoms with van der Waals surface area (Å²) in [4.78, 5) is 11.8. The summed E-state index contributed by atoms with van der Waals surface area (Å²) in [5.74, 6) is 1.23. The Morgan fingerprint density at radius 2 is 1.71 bits per heavy atom. The topological polar surface area (TPSA) is 89.1 Å². The number of rotatable bonds is 15. The second-order valence-electron chi connectivity index (χ2n) is 7.23. The van der Waals surface area contributed by atoms with Crippen molar-refractivity contribution >= 4 is 5.91 Å². The summed E-state index contributed by atoms with van der Waals surface area (Å²) < 4.78 is 16.4. The average Bonchev–Trinajstić information content (AvgIpc) is 2.79. The number of amides is 1. The Kier molecular flexibility index (Phi) is 11.5. The van der Waals surface area contributed by atoms with Crippen molar-refractivity contribution in [2.24, 2.45) is 0 Å². The number of para-hydroxylation sites is 1. The average molecular weight is 431 g/mol. The number of ether oxygens (including phenoxy) is 3. The predicted octanol–water partition coefficient (Wildman–Crippen LogP) is 2.18. The first-order valence-electron chi connectivity index (χ1n) is 10.7. The molecule has 2 aromatic rings. The number of carbonyl (C=O) groups excluding carboxylic acids is 1. The molecular weight excluding hydrogens is 396 g/mol. The molecule has 0 saturated heterocycles. The molecule has 2 atom stereocenters. The molecule has 0 aliphatic carbocycles. The minimum Gasteiger partial charge on any atom is -0.491 e. The first-order chi connectivity index (χ1) is 15.1. The van der Waals surface area contributed by atoms with E-state index >= 15 is 0 Å². The molecule has 31 heavy (non-hydrogen) atoms. The highest BCUT2D eigenvalue weighted by molar-refractivity contribution is 5.77. The standard InChI is InChI=1S/C24H34N2O5/c1-3-29-19(2)15-26-24(28)18-31-23-11-9-20(10-12-23)13-14-25-16-21(27)17-30-22-7-5-4-6-8-22/h4-12,19,21,25,27H,3,13-18H2,1-2H3,(H,26,28). The quantitative estimate of drug-likeness (QED) is 0.375. The van der Waals surface area contributed by atoms with E-state index < -0.39 is 6.10 Å². The van der Waals surface area contributed by atoms with Gasteiger partial charge in [0.25, 0.3) is 5.91 Å². The van der Waals surface area contributed by atoms with Crippen LogP contribution in [0.15, 0.2) is 54.6 Å². The Morgan fingerprint density at radius 1 is 1.00 bits per heavy atom. The first kappa shape index (κ1) is 24.7. The van der Waals surface area contributed by atoms with Crippen LogP contribution in [0.4, 0.5) is 0 Å². The van der Waals surface area contributed by atoms with E-state index in [1.807, 2.05) is 68.4 Å². The smallest absolute Gasteiger partial charge is 0.258 e. The van der Waals surface area contributed by atoms with Crippen molar-refractivity contribution in [2.45, 2.75) is 32.5 Å². The molecule has 0 aliphatic heterocycles. The molecule has 3 N–H and O–H groups in total. The number of nitrogens with one attached hydrogen (secondary N) is 2. The molecule has 0 aromatic heterocycles. The van der Waals surface area contributed by atoms with Crippen LogP contribution < -0.4 is 20.1 Å². The third-order valence-corrected chi connectivity index (χ3v) is 4.49. The van der Waals surface area contributed by atoms with Crippen molar-refractivity contribution in [2.75, 3.05) is 39.5 Å². The van der Waals surface area contributed by atoms with Crippen LogP contribution in [0.1, 0.15) is 19.4 Å². The van der Waals surface area contributed by atoms with Crippen LogP contribution in [0, 0.1) is 0 Å². The Morgan fingerprint density at radius 3 is 2.42 bits per heavy atom. The summed E-state index contributed by atoms with van der Waals surface area (Å²) in [6.07, 6.45) is 0.237.